The Bertz CT molecular complexity index is 954. The van der Waals surface area contributed by atoms with E-state index >= 15 is 0 Å². The van der Waals surface area contributed by atoms with Crippen molar-refractivity contribution >= 4 is 27.6 Å². The molecule has 0 radical (unpaired) electrons. The lowest BCUT2D eigenvalue weighted by Gasteiger charge is -2.09. The van der Waals surface area contributed by atoms with Crippen molar-refractivity contribution in [1.82, 2.24) is 0 Å². The van der Waals surface area contributed by atoms with Gasteiger partial charge in [-0.05, 0) is 57.8 Å². The summed E-state index contributed by atoms with van der Waals surface area (Å²) in [6.45, 7) is 2.55. The molecule has 0 saturated heterocycles. The number of ether oxygens (including phenoxy) is 1. The third-order valence-electron chi connectivity index (χ3n) is 3.99. The molecule has 0 heterocycles. The van der Waals surface area contributed by atoms with Crippen molar-refractivity contribution in [3.63, 3.8) is 0 Å². The van der Waals surface area contributed by atoms with Crippen LogP contribution in [0.3, 0.4) is 0 Å². The first kappa shape index (κ1) is 18.0. The Labute approximate surface area is 162 Å². The molecule has 0 fully saturated rings. The molecule has 3 rings (SSSR count). The molecule has 0 unspecified atom stereocenters. The number of benzene rings is 3. The monoisotopic (exact) mass is 403 g/mol. The molecule has 26 heavy (non-hydrogen) atoms. The summed E-state index contributed by atoms with van der Waals surface area (Å²) in [5.74, 6) is 0.778. The number of hydrogen-bond acceptors (Lipinski definition) is 2. The van der Waals surface area contributed by atoms with Gasteiger partial charge < -0.3 is 4.74 Å². The Hall–Kier alpha value is -2.83. The van der Waals surface area contributed by atoms with Crippen LogP contribution in [0.15, 0.2) is 77.3 Å². The predicted octanol–water partition coefficient (Wildman–Crippen LogP) is 6.40. The molecule has 128 valence electrons. The maximum Gasteiger partial charge on any atom is 0.134 e. The van der Waals surface area contributed by atoms with Crippen LogP contribution in [0.25, 0.3) is 11.6 Å². The van der Waals surface area contributed by atoms with Crippen LogP contribution in [0, 0.1) is 18.3 Å². The van der Waals surface area contributed by atoms with Crippen LogP contribution >= 0.6 is 15.9 Å². The Morgan fingerprint density at radius 1 is 1.04 bits per heavy atom. The van der Waals surface area contributed by atoms with Crippen LogP contribution < -0.4 is 4.74 Å². The molecule has 0 saturated carbocycles. The molecule has 0 amide bonds. The van der Waals surface area contributed by atoms with Gasteiger partial charge in [0.25, 0.3) is 0 Å². The number of nitriles is 1. The van der Waals surface area contributed by atoms with Crippen LogP contribution in [-0.2, 0) is 6.61 Å². The molecule has 0 aromatic heterocycles. The van der Waals surface area contributed by atoms with Gasteiger partial charge in [-0.3, -0.25) is 0 Å². The number of rotatable bonds is 5. The fourth-order valence-corrected chi connectivity index (χ4v) is 3.05. The zero-order valence-corrected chi connectivity index (χ0v) is 16.0. The molecule has 0 spiro atoms. The molecule has 0 aliphatic carbocycles. The average molecular weight is 404 g/mol. The fourth-order valence-electron chi connectivity index (χ4n) is 2.54. The van der Waals surface area contributed by atoms with Crippen molar-refractivity contribution in [2.75, 3.05) is 0 Å². The highest BCUT2D eigenvalue weighted by Crippen LogP contribution is 2.28. The summed E-state index contributed by atoms with van der Waals surface area (Å²) in [7, 11) is 0. The lowest BCUT2D eigenvalue weighted by molar-refractivity contribution is 0.304. The molecule has 2 nitrogen and oxygen atoms in total. The maximum absolute atomic E-state index is 9.49. The van der Waals surface area contributed by atoms with Crippen molar-refractivity contribution in [2.24, 2.45) is 0 Å². The summed E-state index contributed by atoms with van der Waals surface area (Å²) in [6.07, 6.45) is 1.89. The Morgan fingerprint density at radius 3 is 2.42 bits per heavy atom. The van der Waals surface area contributed by atoms with E-state index in [0.29, 0.717) is 12.2 Å². The smallest absolute Gasteiger partial charge is 0.134 e. The van der Waals surface area contributed by atoms with Crippen LogP contribution in [-0.4, -0.2) is 0 Å². The van der Waals surface area contributed by atoms with Gasteiger partial charge in [-0.2, -0.15) is 5.26 Å². The minimum atomic E-state index is 0.515. The first-order valence-corrected chi connectivity index (χ1v) is 9.10. The molecule has 0 atom stereocenters. The maximum atomic E-state index is 9.49. The van der Waals surface area contributed by atoms with Gasteiger partial charge in [0, 0.05) is 0 Å². The van der Waals surface area contributed by atoms with Gasteiger partial charge in [0.15, 0.2) is 0 Å². The third-order valence-corrected chi connectivity index (χ3v) is 4.61. The lowest BCUT2D eigenvalue weighted by atomic mass is 10.0. The van der Waals surface area contributed by atoms with Gasteiger partial charge in [0.1, 0.15) is 12.4 Å². The second-order valence-electron chi connectivity index (χ2n) is 6.00. The Kier molecular flexibility index (Phi) is 5.88. The molecule has 0 aliphatic heterocycles. The summed E-state index contributed by atoms with van der Waals surface area (Å²) >= 11 is 3.56. The molecule has 0 N–H and O–H groups in total. The van der Waals surface area contributed by atoms with Crippen molar-refractivity contribution in [3.05, 3.63) is 99.5 Å². The fraction of sp³-hybridized carbons (Fsp3) is 0.0870. The first-order chi connectivity index (χ1) is 12.7. The largest absolute Gasteiger partial charge is 0.488 e. The van der Waals surface area contributed by atoms with Crippen LogP contribution in [0.2, 0.25) is 0 Å². The lowest BCUT2D eigenvalue weighted by Crippen LogP contribution is -1.95. The number of aryl methyl sites for hydroxylation is 1. The average Bonchev–Trinajstić information content (AvgIpc) is 2.67. The van der Waals surface area contributed by atoms with E-state index in [1.165, 1.54) is 5.56 Å². The second kappa shape index (κ2) is 8.51. The quantitative estimate of drug-likeness (QED) is 0.364. The molecule has 3 heteroatoms. The number of allylic oxidation sites excluding steroid dienone is 1. The Balaban J connectivity index is 1.78. The summed E-state index contributed by atoms with van der Waals surface area (Å²) in [5.41, 5.74) is 4.79. The Morgan fingerprint density at radius 2 is 1.77 bits per heavy atom. The number of hydrogen-bond donors (Lipinski definition) is 0. The molecule has 3 aromatic carbocycles. The number of halogens is 1. The number of nitrogens with zero attached hydrogens (tertiary/aromatic N) is 1. The normalized spacial score (nSPS) is 11.0. The standard InChI is InChI=1S/C23H18BrNO/c1-17-7-10-20(11-8-17)21(15-25)13-19-9-12-23(22(24)14-19)26-16-18-5-3-2-4-6-18/h2-14H,16H2,1H3/b21-13-. The van der Waals surface area contributed by atoms with Crippen LogP contribution in [0.4, 0.5) is 0 Å². The summed E-state index contributed by atoms with van der Waals surface area (Å²) in [4.78, 5) is 0. The van der Waals surface area contributed by atoms with Crippen molar-refractivity contribution < 1.29 is 4.74 Å². The highest BCUT2D eigenvalue weighted by Gasteiger charge is 2.05. The van der Waals surface area contributed by atoms with E-state index in [1.54, 1.807) is 0 Å². The minimum Gasteiger partial charge on any atom is -0.488 e. The molecule has 3 aromatic rings. The highest BCUT2D eigenvalue weighted by atomic mass is 79.9. The van der Waals surface area contributed by atoms with E-state index in [2.05, 4.69) is 22.0 Å². The summed E-state index contributed by atoms with van der Waals surface area (Å²) in [6, 6.07) is 26.1. The van der Waals surface area contributed by atoms with Gasteiger partial charge in [-0.15, -0.1) is 0 Å². The highest BCUT2D eigenvalue weighted by molar-refractivity contribution is 9.10. The first-order valence-electron chi connectivity index (χ1n) is 8.31. The molecular formula is C23H18BrNO. The van der Waals surface area contributed by atoms with Crippen LogP contribution in [0.5, 0.6) is 5.75 Å². The zero-order chi connectivity index (χ0) is 18.4. The van der Waals surface area contributed by atoms with E-state index in [1.807, 2.05) is 85.8 Å². The molecule has 0 bridgehead atoms. The van der Waals surface area contributed by atoms with Crippen molar-refractivity contribution in [3.8, 4) is 11.8 Å². The van der Waals surface area contributed by atoms with E-state index in [0.717, 1.165) is 26.9 Å². The van der Waals surface area contributed by atoms with Crippen molar-refractivity contribution in [1.29, 1.82) is 5.26 Å². The topological polar surface area (TPSA) is 33.0 Å². The summed E-state index contributed by atoms with van der Waals surface area (Å²) in [5, 5.41) is 9.49. The van der Waals surface area contributed by atoms with E-state index in [4.69, 9.17) is 4.74 Å². The third kappa shape index (κ3) is 4.62. The summed E-state index contributed by atoms with van der Waals surface area (Å²) < 4.78 is 6.74. The zero-order valence-electron chi connectivity index (χ0n) is 14.4. The van der Waals surface area contributed by atoms with E-state index in [-0.39, 0.29) is 0 Å². The van der Waals surface area contributed by atoms with Gasteiger partial charge in [0.2, 0.25) is 0 Å². The molecule has 0 aliphatic rings. The van der Waals surface area contributed by atoms with Gasteiger partial charge in [0.05, 0.1) is 16.1 Å². The van der Waals surface area contributed by atoms with E-state index < -0.39 is 0 Å². The second-order valence-corrected chi connectivity index (χ2v) is 6.85. The van der Waals surface area contributed by atoms with Gasteiger partial charge in [-0.1, -0.05) is 66.2 Å². The van der Waals surface area contributed by atoms with E-state index in [9.17, 15) is 5.26 Å². The predicted molar refractivity (Wildman–Crippen MR) is 110 cm³/mol. The molecular weight excluding hydrogens is 386 g/mol. The van der Waals surface area contributed by atoms with Gasteiger partial charge in [-0.25, -0.2) is 0 Å². The SMILES string of the molecule is Cc1ccc(/C(C#N)=C\c2ccc(OCc3ccccc3)c(Br)c2)cc1. The van der Waals surface area contributed by atoms with Gasteiger partial charge >= 0.3 is 0 Å². The van der Waals surface area contributed by atoms with Crippen molar-refractivity contribution in [2.45, 2.75) is 13.5 Å². The van der Waals surface area contributed by atoms with Crippen LogP contribution in [0.1, 0.15) is 22.3 Å². The minimum absolute atomic E-state index is 0.515.